The molecule has 0 N–H and O–H groups in total. The van der Waals surface area contributed by atoms with E-state index < -0.39 is 0 Å². The fourth-order valence-electron chi connectivity index (χ4n) is 5.24. The predicted octanol–water partition coefficient (Wildman–Crippen LogP) is 4.64. The standard InChI is InChI=1S/C30H26N2O3S/c1-18-11-13-19(14-12-18)17-25-29(33)32-27(23-9-6-10-24(34-2)28(23)35-3)22-16-15-20-7-4-5-8-21(20)26(22)31-30(32)36-25/h4-14,17,27H,15-16H2,1-3H3. The molecule has 5 nitrogen and oxygen atoms in total. The van der Waals surface area contributed by atoms with Gasteiger partial charge in [0.25, 0.3) is 5.56 Å². The third-order valence-corrected chi connectivity index (χ3v) is 7.96. The molecule has 0 saturated carbocycles. The minimum Gasteiger partial charge on any atom is -0.493 e. The molecule has 0 spiro atoms. The topological polar surface area (TPSA) is 52.8 Å². The summed E-state index contributed by atoms with van der Waals surface area (Å²) >= 11 is 1.44. The van der Waals surface area contributed by atoms with E-state index in [1.807, 2.05) is 41.0 Å². The third kappa shape index (κ3) is 3.60. The van der Waals surface area contributed by atoms with Crippen LogP contribution in [0.1, 0.15) is 40.3 Å². The zero-order chi connectivity index (χ0) is 24.8. The number of hydrogen-bond acceptors (Lipinski definition) is 5. The molecular weight excluding hydrogens is 468 g/mol. The van der Waals surface area contributed by atoms with E-state index in [0.717, 1.165) is 40.8 Å². The fraction of sp³-hybridized carbons (Fsp3) is 0.200. The summed E-state index contributed by atoms with van der Waals surface area (Å²) in [5, 5.41) is 0. The van der Waals surface area contributed by atoms with Gasteiger partial charge in [0.2, 0.25) is 0 Å². The van der Waals surface area contributed by atoms with Crippen LogP contribution in [0, 0.1) is 6.92 Å². The van der Waals surface area contributed by atoms with Crippen molar-refractivity contribution in [2.45, 2.75) is 25.8 Å². The summed E-state index contributed by atoms with van der Waals surface area (Å²) in [5.41, 5.74) is 7.57. The molecule has 36 heavy (non-hydrogen) atoms. The zero-order valence-electron chi connectivity index (χ0n) is 20.4. The van der Waals surface area contributed by atoms with Crippen LogP contribution in [-0.2, 0) is 6.42 Å². The van der Waals surface area contributed by atoms with E-state index in [1.54, 1.807) is 14.2 Å². The average molecular weight is 495 g/mol. The maximum atomic E-state index is 13.9. The monoisotopic (exact) mass is 494 g/mol. The van der Waals surface area contributed by atoms with Gasteiger partial charge >= 0.3 is 0 Å². The summed E-state index contributed by atoms with van der Waals surface area (Å²) < 4.78 is 14.0. The average Bonchev–Trinajstić information content (AvgIpc) is 3.22. The second-order valence-corrected chi connectivity index (χ2v) is 10.1. The molecule has 1 unspecified atom stereocenters. The van der Waals surface area contributed by atoms with Crippen LogP contribution in [0.5, 0.6) is 11.5 Å². The Balaban J connectivity index is 1.65. The lowest BCUT2D eigenvalue weighted by atomic mass is 9.83. The highest BCUT2D eigenvalue weighted by molar-refractivity contribution is 7.07. The number of allylic oxidation sites excluding steroid dienone is 1. The summed E-state index contributed by atoms with van der Waals surface area (Å²) in [4.78, 5) is 19.7. The third-order valence-electron chi connectivity index (χ3n) is 6.98. The highest BCUT2D eigenvalue weighted by Gasteiger charge is 2.34. The Morgan fingerprint density at radius 2 is 1.78 bits per heavy atom. The van der Waals surface area contributed by atoms with Crippen molar-refractivity contribution < 1.29 is 9.47 Å². The summed E-state index contributed by atoms with van der Waals surface area (Å²) in [6.45, 7) is 2.06. The molecule has 6 heteroatoms. The van der Waals surface area contributed by atoms with Crippen molar-refractivity contribution in [3.63, 3.8) is 0 Å². The van der Waals surface area contributed by atoms with Gasteiger partial charge in [-0.25, -0.2) is 4.99 Å². The molecule has 180 valence electrons. The number of methoxy groups -OCH3 is 2. The number of ether oxygens (including phenoxy) is 2. The van der Waals surface area contributed by atoms with Crippen molar-refractivity contribution in [3.8, 4) is 11.5 Å². The molecule has 0 amide bonds. The molecule has 1 aromatic heterocycles. The van der Waals surface area contributed by atoms with Crippen LogP contribution in [-0.4, -0.2) is 18.8 Å². The summed E-state index contributed by atoms with van der Waals surface area (Å²) in [7, 11) is 3.28. The second-order valence-electron chi connectivity index (χ2n) is 9.11. The Kier molecular flexibility index (Phi) is 5.61. The second kappa shape index (κ2) is 8.95. The first-order valence-corrected chi connectivity index (χ1v) is 12.8. The van der Waals surface area contributed by atoms with Gasteiger partial charge in [0.1, 0.15) is 0 Å². The first kappa shape index (κ1) is 22.6. The van der Waals surface area contributed by atoms with Gasteiger partial charge in [-0.2, -0.15) is 0 Å². The Labute approximate surface area is 213 Å². The van der Waals surface area contributed by atoms with Crippen molar-refractivity contribution in [1.82, 2.24) is 4.57 Å². The van der Waals surface area contributed by atoms with Crippen LogP contribution >= 0.6 is 11.3 Å². The van der Waals surface area contributed by atoms with Crippen molar-refractivity contribution in [2.24, 2.45) is 4.99 Å². The van der Waals surface area contributed by atoms with Gasteiger partial charge in [-0.3, -0.25) is 9.36 Å². The molecule has 0 radical (unpaired) electrons. The van der Waals surface area contributed by atoms with Crippen molar-refractivity contribution in [1.29, 1.82) is 0 Å². The van der Waals surface area contributed by atoms with Gasteiger partial charge in [0.05, 0.1) is 30.5 Å². The van der Waals surface area contributed by atoms with Gasteiger partial charge in [-0.05, 0) is 48.6 Å². The summed E-state index contributed by atoms with van der Waals surface area (Å²) in [6, 6.07) is 22.2. The predicted molar refractivity (Wildman–Crippen MR) is 143 cm³/mol. The molecule has 3 aromatic carbocycles. The lowest BCUT2D eigenvalue weighted by Gasteiger charge is -2.31. The highest BCUT2D eigenvalue weighted by atomic mass is 32.1. The van der Waals surface area contributed by atoms with Gasteiger partial charge in [0.15, 0.2) is 16.3 Å². The van der Waals surface area contributed by atoms with E-state index in [9.17, 15) is 4.79 Å². The number of fused-ring (bicyclic) bond motifs is 3. The number of benzene rings is 3. The van der Waals surface area contributed by atoms with E-state index in [1.165, 1.54) is 22.5 Å². The highest BCUT2D eigenvalue weighted by Crippen LogP contribution is 2.45. The molecule has 0 saturated heterocycles. The number of para-hydroxylation sites is 1. The van der Waals surface area contributed by atoms with Crippen LogP contribution in [0.3, 0.4) is 0 Å². The normalized spacial score (nSPS) is 16.6. The van der Waals surface area contributed by atoms with E-state index in [4.69, 9.17) is 14.5 Å². The largest absolute Gasteiger partial charge is 0.493 e. The number of aromatic nitrogens is 1. The molecule has 0 bridgehead atoms. The maximum absolute atomic E-state index is 13.9. The number of hydrogen-bond donors (Lipinski definition) is 0. The molecule has 4 aromatic rings. The van der Waals surface area contributed by atoms with Crippen molar-refractivity contribution in [3.05, 3.63) is 120 Å². The molecule has 1 aliphatic heterocycles. The van der Waals surface area contributed by atoms with Crippen molar-refractivity contribution in [2.75, 3.05) is 14.2 Å². The maximum Gasteiger partial charge on any atom is 0.271 e. The first-order chi connectivity index (χ1) is 17.6. The lowest BCUT2D eigenvalue weighted by Crippen LogP contribution is -2.39. The molecule has 0 fully saturated rings. The summed E-state index contributed by atoms with van der Waals surface area (Å²) in [5.74, 6) is 1.29. The SMILES string of the molecule is COc1cccc(C2C3=C(N=c4sc(=Cc5ccc(C)cc5)c(=O)n42)c2ccccc2CC3)c1OC. The molecule has 2 heterocycles. The number of thiazole rings is 1. The van der Waals surface area contributed by atoms with Gasteiger partial charge in [-0.15, -0.1) is 0 Å². The van der Waals surface area contributed by atoms with Crippen LogP contribution < -0.4 is 24.4 Å². The number of aryl methyl sites for hydroxylation is 2. The minimum atomic E-state index is -0.324. The van der Waals surface area contributed by atoms with Gasteiger partial charge in [-0.1, -0.05) is 77.6 Å². The van der Waals surface area contributed by atoms with Gasteiger partial charge < -0.3 is 9.47 Å². The Hall–Kier alpha value is -3.90. The molecule has 1 atom stereocenters. The van der Waals surface area contributed by atoms with Crippen LogP contribution in [0.15, 0.2) is 82.1 Å². The summed E-state index contributed by atoms with van der Waals surface area (Å²) in [6.07, 6.45) is 3.68. The van der Waals surface area contributed by atoms with E-state index >= 15 is 0 Å². The van der Waals surface area contributed by atoms with Crippen LogP contribution in [0.4, 0.5) is 0 Å². The zero-order valence-corrected chi connectivity index (χ0v) is 21.3. The molecule has 2 aliphatic rings. The van der Waals surface area contributed by atoms with Gasteiger partial charge in [0, 0.05) is 11.1 Å². The quantitative estimate of drug-likeness (QED) is 0.415. The minimum absolute atomic E-state index is 0.0420. The molecule has 6 rings (SSSR count). The Morgan fingerprint density at radius 1 is 0.972 bits per heavy atom. The molecular formula is C30H26N2O3S. The van der Waals surface area contributed by atoms with Crippen molar-refractivity contribution >= 4 is 23.1 Å². The number of nitrogens with zero attached hydrogens (tertiary/aromatic N) is 2. The van der Waals surface area contributed by atoms with Crippen LogP contribution in [0.25, 0.3) is 11.8 Å². The lowest BCUT2D eigenvalue weighted by molar-refractivity contribution is 0.348. The van der Waals surface area contributed by atoms with Crippen LogP contribution in [0.2, 0.25) is 0 Å². The van der Waals surface area contributed by atoms with E-state index in [-0.39, 0.29) is 11.6 Å². The Bertz CT molecular complexity index is 1690. The Morgan fingerprint density at radius 3 is 2.56 bits per heavy atom. The van der Waals surface area contributed by atoms with E-state index in [0.29, 0.717) is 20.8 Å². The smallest absolute Gasteiger partial charge is 0.271 e. The fourth-order valence-corrected chi connectivity index (χ4v) is 6.24. The number of rotatable bonds is 4. The van der Waals surface area contributed by atoms with E-state index in [2.05, 4.69) is 43.3 Å². The first-order valence-electron chi connectivity index (χ1n) is 12.0. The molecule has 1 aliphatic carbocycles.